The lowest BCUT2D eigenvalue weighted by Gasteiger charge is -2.29. The van der Waals surface area contributed by atoms with Crippen LogP contribution in [0.1, 0.15) is 37.7 Å². The van der Waals surface area contributed by atoms with Gasteiger partial charge in [0.1, 0.15) is 11.6 Å². The predicted molar refractivity (Wildman–Crippen MR) is 99.4 cm³/mol. The van der Waals surface area contributed by atoms with Crippen molar-refractivity contribution < 1.29 is 9.18 Å². The van der Waals surface area contributed by atoms with Gasteiger partial charge < -0.3 is 10.2 Å². The maximum Gasteiger partial charge on any atom is 0.230 e. The average Bonchev–Trinajstić information content (AvgIpc) is 2.78. The zero-order valence-electron chi connectivity index (χ0n) is 13.8. The minimum Gasteiger partial charge on any atom is -0.338 e. The number of nitrogens with one attached hydrogen (secondary N) is 1. The van der Waals surface area contributed by atoms with Crippen LogP contribution in [-0.4, -0.2) is 10.9 Å². The first-order valence-electron chi connectivity index (χ1n) is 8.64. The lowest BCUT2D eigenvalue weighted by molar-refractivity contribution is -0.123. The van der Waals surface area contributed by atoms with Crippen LogP contribution in [0.15, 0.2) is 34.9 Å². The first-order valence-corrected chi connectivity index (χ1v) is 9.43. The largest absolute Gasteiger partial charge is 0.338 e. The fourth-order valence-corrected chi connectivity index (χ4v) is 4.05. The van der Waals surface area contributed by atoms with Crippen LogP contribution in [0.25, 0.3) is 0 Å². The minimum absolute atomic E-state index is 0.0450. The van der Waals surface area contributed by atoms with Gasteiger partial charge in [-0.3, -0.25) is 4.79 Å². The molecule has 1 aromatic heterocycles. The number of hydrogen-bond donors (Lipinski definition) is 1. The maximum atomic E-state index is 13.7. The van der Waals surface area contributed by atoms with E-state index in [-0.39, 0.29) is 11.8 Å². The third kappa shape index (κ3) is 3.27. The summed E-state index contributed by atoms with van der Waals surface area (Å²) < 4.78 is 14.6. The van der Waals surface area contributed by atoms with Crippen LogP contribution in [0.3, 0.4) is 0 Å². The van der Waals surface area contributed by atoms with E-state index in [1.165, 1.54) is 18.7 Å². The van der Waals surface area contributed by atoms with Gasteiger partial charge in [0.25, 0.3) is 0 Å². The molecule has 1 fully saturated rings. The van der Waals surface area contributed by atoms with Crippen LogP contribution >= 0.6 is 15.9 Å². The number of halogens is 2. The summed E-state index contributed by atoms with van der Waals surface area (Å²) in [5.41, 5.74) is 2.31. The van der Waals surface area contributed by atoms with Gasteiger partial charge >= 0.3 is 0 Å². The molecule has 1 aliphatic heterocycles. The summed E-state index contributed by atoms with van der Waals surface area (Å²) in [5, 5.41) is 3.25. The van der Waals surface area contributed by atoms with Gasteiger partial charge in [0.05, 0.1) is 24.1 Å². The second-order valence-electron chi connectivity index (χ2n) is 6.71. The van der Waals surface area contributed by atoms with Gasteiger partial charge in [0.2, 0.25) is 5.91 Å². The van der Waals surface area contributed by atoms with Crippen LogP contribution in [0.4, 0.5) is 21.6 Å². The monoisotopic (exact) mass is 403 g/mol. The maximum absolute atomic E-state index is 13.7. The Hall–Kier alpha value is -1.95. The summed E-state index contributed by atoms with van der Waals surface area (Å²) in [6.45, 7) is 0.325. The van der Waals surface area contributed by atoms with E-state index in [4.69, 9.17) is 0 Å². The molecule has 130 valence electrons. The van der Waals surface area contributed by atoms with E-state index in [0.29, 0.717) is 17.9 Å². The van der Waals surface area contributed by atoms with Crippen LogP contribution in [0.2, 0.25) is 0 Å². The molecular weight excluding hydrogens is 385 g/mol. The van der Waals surface area contributed by atoms with Crippen molar-refractivity contribution in [1.29, 1.82) is 0 Å². The Kier molecular flexibility index (Phi) is 4.46. The highest BCUT2D eigenvalue weighted by Crippen LogP contribution is 2.38. The molecule has 0 bridgehead atoms. The molecular formula is C19H19BrFN3O. The van der Waals surface area contributed by atoms with Crippen molar-refractivity contribution in [1.82, 2.24) is 4.98 Å². The number of carbonyl (C=O) groups excluding carboxylic acids is 1. The van der Waals surface area contributed by atoms with Crippen molar-refractivity contribution in [2.24, 2.45) is 5.92 Å². The van der Waals surface area contributed by atoms with Crippen molar-refractivity contribution in [2.75, 3.05) is 10.2 Å². The number of pyridine rings is 1. The zero-order valence-corrected chi connectivity index (χ0v) is 15.4. The molecule has 1 aliphatic carbocycles. The van der Waals surface area contributed by atoms with Gasteiger partial charge in [0.15, 0.2) is 0 Å². The number of fused-ring (bicyclic) bond motifs is 2. The van der Waals surface area contributed by atoms with Crippen molar-refractivity contribution >= 4 is 39.0 Å². The highest BCUT2D eigenvalue weighted by molar-refractivity contribution is 9.10. The quantitative estimate of drug-likeness (QED) is 0.715. The van der Waals surface area contributed by atoms with Gasteiger partial charge in [-0.2, -0.15) is 0 Å². The lowest BCUT2D eigenvalue weighted by Crippen LogP contribution is -2.36. The number of anilines is 3. The smallest absolute Gasteiger partial charge is 0.230 e. The van der Waals surface area contributed by atoms with E-state index in [1.807, 2.05) is 18.2 Å². The molecule has 2 heterocycles. The molecule has 0 atom stereocenters. The standard InChI is InChI=1S/C19H19BrFN3O/c20-14-6-7-16-17(9-14)24(19(25)12-4-2-1-3-5-12)11-13-8-15(21)10-22-18(13)23-16/h6-10,12H,1-5,11H2,(H,22,23). The van der Waals surface area contributed by atoms with Gasteiger partial charge in [-0.05, 0) is 37.1 Å². The molecule has 0 spiro atoms. The van der Waals surface area contributed by atoms with Crippen molar-refractivity contribution in [3.8, 4) is 0 Å². The Labute approximate surface area is 154 Å². The highest BCUT2D eigenvalue weighted by Gasteiger charge is 2.31. The van der Waals surface area contributed by atoms with E-state index in [0.717, 1.165) is 41.5 Å². The normalized spacial score (nSPS) is 17.3. The summed E-state index contributed by atoms with van der Waals surface area (Å²) in [7, 11) is 0. The summed E-state index contributed by atoms with van der Waals surface area (Å²) in [5.74, 6) is 0.378. The molecule has 1 saturated carbocycles. The van der Waals surface area contributed by atoms with E-state index < -0.39 is 5.82 Å². The third-order valence-electron chi connectivity index (χ3n) is 4.99. The first kappa shape index (κ1) is 16.5. The van der Waals surface area contributed by atoms with Crippen LogP contribution in [0.5, 0.6) is 0 Å². The summed E-state index contributed by atoms with van der Waals surface area (Å²) >= 11 is 3.49. The van der Waals surface area contributed by atoms with E-state index >= 15 is 0 Å². The van der Waals surface area contributed by atoms with Crippen molar-refractivity contribution in [2.45, 2.75) is 38.6 Å². The molecule has 0 saturated heterocycles. The SMILES string of the molecule is O=C(C1CCCCC1)N1Cc2cc(F)cnc2Nc2ccc(Br)cc21. The highest BCUT2D eigenvalue weighted by atomic mass is 79.9. The van der Waals surface area contributed by atoms with E-state index in [9.17, 15) is 9.18 Å². The third-order valence-corrected chi connectivity index (χ3v) is 5.48. The number of benzene rings is 1. The Bertz CT molecular complexity index is 820. The van der Waals surface area contributed by atoms with Crippen molar-refractivity contribution in [3.05, 3.63) is 46.3 Å². The summed E-state index contributed by atoms with van der Waals surface area (Å²) in [6.07, 6.45) is 6.45. The van der Waals surface area contributed by atoms with Gasteiger partial charge in [-0.25, -0.2) is 9.37 Å². The van der Waals surface area contributed by atoms with Gasteiger partial charge in [0, 0.05) is 16.0 Å². The number of rotatable bonds is 1. The fourth-order valence-electron chi connectivity index (χ4n) is 3.70. The summed E-state index contributed by atoms with van der Waals surface area (Å²) in [6, 6.07) is 7.23. The topological polar surface area (TPSA) is 45.2 Å². The molecule has 25 heavy (non-hydrogen) atoms. The van der Waals surface area contributed by atoms with E-state index in [2.05, 4.69) is 26.2 Å². The zero-order chi connectivity index (χ0) is 17.4. The average molecular weight is 404 g/mol. The van der Waals surface area contributed by atoms with Gasteiger partial charge in [-0.15, -0.1) is 0 Å². The fraction of sp³-hybridized carbons (Fsp3) is 0.368. The molecule has 4 nitrogen and oxygen atoms in total. The molecule has 6 heteroatoms. The number of nitrogens with zero attached hydrogens (tertiary/aromatic N) is 2. The Morgan fingerprint density at radius 3 is 2.84 bits per heavy atom. The second kappa shape index (κ2) is 6.75. The number of carbonyl (C=O) groups is 1. The Balaban J connectivity index is 1.78. The lowest BCUT2D eigenvalue weighted by atomic mass is 9.88. The van der Waals surface area contributed by atoms with Crippen LogP contribution in [-0.2, 0) is 11.3 Å². The predicted octanol–water partition coefficient (Wildman–Crippen LogP) is 5.15. The number of aromatic nitrogens is 1. The first-order chi connectivity index (χ1) is 12.1. The molecule has 1 N–H and O–H groups in total. The molecule has 1 aromatic carbocycles. The van der Waals surface area contributed by atoms with Gasteiger partial charge in [-0.1, -0.05) is 35.2 Å². The molecule has 2 aliphatic rings. The van der Waals surface area contributed by atoms with E-state index in [1.54, 1.807) is 4.90 Å². The molecule has 4 rings (SSSR count). The Morgan fingerprint density at radius 1 is 1.24 bits per heavy atom. The molecule has 2 aromatic rings. The summed E-state index contributed by atoms with van der Waals surface area (Å²) in [4.78, 5) is 19.2. The second-order valence-corrected chi connectivity index (χ2v) is 7.62. The molecule has 1 amide bonds. The Morgan fingerprint density at radius 2 is 2.04 bits per heavy atom. The number of amides is 1. The van der Waals surface area contributed by atoms with Crippen LogP contribution in [0, 0.1) is 11.7 Å². The number of hydrogen-bond acceptors (Lipinski definition) is 3. The van der Waals surface area contributed by atoms with Crippen LogP contribution < -0.4 is 10.2 Å². The van der Waals surface area contributed by atoms with Crippen molar-refractivity contribution in [3.63, 3.8) is 0 Å². The minimum atomic E-state index is -0.391. The molecule has 0 radical (unpaired) electrons. The molecule has 0 unspecified atom stereocenters.